The van der Waals surface area contributed by atoms with E-state index in [0.29, 0.717) is 5.69 Å². The molecule has 0 saturated carbocycles. The number of benzene rings is 1. The van der Waals surface area contributed by atoms with Crippen molar-refractivity contribution in [3.8, 4) is 11.1 Å². The number of hydrogen-bond acceptors (Lipinski definition) is 2. The predicted octanol–water partition coefficient (Wildman–Crippen LogP) is 2.78. The lowest BCUT2D eigenvalue weighted by atomic mass is 10.0. The van der Waals surface area contributed by atoms with E-state index in [0.717, 1.165) is 16.8 Å². The molecular weight excluding hydrogens is 191 g/mol. The molecule has 0 saturated heterocycles. The molecule has 2 N–H and O–H groups in total. The Hall–Kier alpha value is -1.90. The second-order valence-corrected chi connectivity index (χ2v) is 3.37. The molecule has 0 spiro atoms. The highest BCUT2D eigenvalue weighted by atomic mass is 19.1. The maximum Gasteiger partial charge on any atom is 0.125 e. The second-order valence-electron chi connectivity index (χ2n) is 3.37. The molecule has 1 aromatic carbocycles. The Morgan fingerprint density at radius 1 is 1.20 bits per heavy atom. The fourth-order valence-corrected chi connectivity index (χ4v) is 1.55. The van der Waals surface area contributed by atoms with Crippen molar-refractivity contribution in [2.75, 3.05) is 5.73 Å². The lowest BCUT2D eigenvalue weighted by Crippen LogP contribution is -1.93. The van der Waals surface area contributed by atoms with Gasteiger partial charge in [0.25, 0.3) is 0 Å². The molecule has 0 aliphatic carbocycles. The monoisotopic (exact) mass is 202 g/mol. The molecule has 0 aliphatic heterocycles. The third-order valence-corrected chi connectivity index (χ3v) is 2.31. The molecule has 2 rings (SSSR count). The Bertz CT molecular complexity index is 495. The van der Waals surface area contributed by atoms with E-state index >= 15 is 0 Å². The number of rotatable bonds is 1. The zero-order valence-corrected chi connectivity index (χ0v) is 8.37. The first kappa shape index (κ1) is 9.65. The normalized spacial score (nSPS) is 10.3. The number of aryl methyl sites for hydroxylation is 1. The van der Waals surface area contributed by atoms with Gasteiger partial charge in [0.15, 0.2) is 0 Å². The van der Waals surface area contributed by atoms with Crippen molar-refractivity contribution in [1.29, 1.82) is 0 Å². The van der Waals surface area contributed by atoms with Gasteiger partial charge in [-0.1, -0.05) is 6.07 Å². The standard InChI is InChI=1S/C12H11FN2/c1-8-10(3-2-6-15-8)11-5-4-9(13)7-12(11)14/h2-7H,14H2,1H3. The summed E-state index contributed by atoms with van der Waals surface area (Å²) in [5.74, 6) is -0.321. The third kappa shape index (κ3) is 1.81. The van der Waals surface area contributed by atoms with E-state index in [1.807, 2.05) is 19.1 Å². The summed E-state index contributed by atoms with van der Waals surface area (Å²) in [7, 11) is 0. The fourth-order valence-electron chi connectivity index (χ4n) is 1.55. The summed E-state index contributed by atoms with van der Waals surface area (Å²) in [6, 6.07) is 8.16. The third-order valence-electron chi connectivity index (χ3n) is 2.31. The number of nitrogens with zero attached hydrogens (tertiary/aromatic N) is 1. The van der Waals surface area contributed by atoms with Crippen LogP contribution >= 0.6 is 0 Å². The smallest absolute Gasteiger partial charge is 0.125 e. The number of aromatic nitrogens is 1. The van der Waals surface area contributed by atoms with Crippen LogP contribution in [-0.2, 0) is 0 Å². The Morgan fingerprint density at radius 3 is 2.67 bits per heavy atom. The number of pyridine rings is 1. The van der Waals surface area contributed by atoms with Crippen molar-refractivity contribution in [2.45, 2.75) is 6.92 Å². The van der Waals surface area contributed by atoms with Crippen LogP contribution < -0.4 is 5.73 Å². The van der Waals surface area contributed by atoms with Crippen LogP contribution in [-0.4, -0.2) is 4.98 Å². The predicted molar refractivity (Wildman–Crippen MR) is 58.8 cm³/mol. The quantitative estimate of drug-likeness (QED) is 0.722. The number of halogens is 1. The molecule has 2 aromatic rings. The highest BCUT2D eigenvalue weighted by Crippen LogP contribution is 2.27. The van der Waals surface area contributed by atoms with Gasteiger partial charge in [-0.25, -0.2) is 4.39 Å². The average Bonchev–Trinajstić information content (AvgIpc) is 2.20. The SMILES string of the molecule is Cc1ncccc1-c1ccc(F)cc1N. The first-order valence-electron chi connectivity index (χ1n) is 4.65. The lowest BCUT2D eigenvalue weighted by Gasteiger charge is -2.07. The summed E-state index contributed by atoms with van der Waals surface area (Å²) in [4.78, 5) is 4.17. The van der Waals surface area contributed by atoms with Crippen LogP contribution in [0.5, 0.6) is 0 Å². The minimum Gasteiger partial charge on any atom is -0.398 e. The van der Waals surface area contributed by atoms with Gasteiger partial charge in [0.2, 0.25) is 0 Å². The Balaban J connectivity index is 2.60. The van der Waals surface area contributed by atoms with E-state index < -0.39 is 0 Å². The fraction of sp³-hybridized carbons (Fsp3) is 0.0833. The van der Waals surface area contributed by atoms with Crippen LogP contribution in [0.3, 0.4) is 0 Å². The molecule has 76 valence electrons. The highest BCUT2D eigenvalue weighted by molar-refractivity contribution is 5.77. The van der Waals surface area contributed by atoms with E-state index in [1.165, 1.54) is 12.1 Å². The molecule has 2 nitrogen and oxygen atoms in total. The zero-order valence-electron chi connectivity index (χ0n) is 8.37. The molecule has 0 atom stereocenters. The molecular formula is C12H11FN2. The van der Waals surface area contributed by atoms with Gasteiger partial charge < -0.3 is 5.73 Å². The summed E-state index contributed by atoms with van der Waals surface area (Å²) in [5.41, 5.74) is 8.84. The first-order chi connectivity index (χ1) is 7.18. The topological polar surface area (TPSA) is 38.9 Å². The maximum atomic E-state index is 12.9. The van der Waals surface area contributed by atoms with Gasteiger partial charge in [0.1, 0.15) is 5.82 Å². The lowest BCUT2D eigenvalue weighted by molar-refractivity contribution is 0.628. The molecule has 1 aromatic heterocycles. The molecule has 0 amide bonds. The minimum absolute atomic E-state index is 0.321. The summed E-state index contributed by atoms with van der Waals surface area (Å²) in [5, 5.41) is 0. The molecule has 0 radical (unpaired) electrons. The van der Waals surface area contributed by atoms with Gasteiger partial charge in [-0.3, -0.25) is 4.98 Å². The molecule has 0 fully saturated rings. The summed E-state index contributed by atoms with van der Waals surface area (Å²) < 4.78 is 12.9. The Labute approximate surface area is 87.6 Å². The van der Waals surface area contributed by atoms with E-state index in [2.05, 4.69) is 4.98 Å². The average molecular weight is 202 g/mol. The van der Waals surface area contributed by atoms with Gasteiger partial charge in [0, 0.05) is 28.7 Å². The van der Waals surface area contributed by atoms with Crippen LogP contribution in [0.1, 0.15) is 5.69 Å². The van der Waals surface area contributed by atoms with Gasteiger partial charge >= 0.3 is 0 Å². The zero-order chi connectivity index (χ0) is 10.8. The molecule has 0 unspecified atom stereocenters. The molecule has 0 aliphatic rings. The Morgan fingerprint density at radius 2 is 2.00 bits per heavy atom. The largest absolute Gasteiger partial charge is 0.398 e. The second kappa shape index (κ2) is 3.69. The van der Waals surface area contributed by atoms with Gasteiger partial charge in [-0.05, 0) is 31.2 Å². The summed E-state index contributed by atoms with van der Waals surface area (Å²) >= 11 is 0. The number of hydrogen-bond donors (Lipinski definition) is 1. The van der Waals surface area contributed by atoms with Gasteiger partial charge in [-0.2, -0.15) is 0 Å². The van der Waals surface area contributed by atoms with E-state index in [-0.39, 0.29) is 5.82 Å². The van der Waals surface area contributed by atoms with Crippen molar-refractivity contribution in [3.63, 3.8) is 0 Å². The van der Waals surface area contributed by atoms with Crippen molar-refractivity contribution < 1.29 is 4.39 Å². The van der Waals surface area contributed by atoms with Crippen LogP contribution in [0.25, 0.3) is 11.1 Å². The van der Waals surface area contributed by atoms with E-state index in [1.54, 1.807) is 12.3 Å². The van der Waals surface area contributed by atoms with Crippen molar-refractivity contribution in [2.24, 2.45) is 0 Å². The van der Waals surface area contributed by atoms with E-state index in [9.17, 15) is 4.39 Å². The minimum atomic E-state index is -0.321. The summed E-state index contributed by atoms with van der Waals surface area (Å²) in [6.45, 7) is 1.90. The maximum absolute atomic E-state index is 12.9. The number of anilines is 1. The highest BCUT2D eigenvalue weighted by Gasteiger charge is 2.06. The van der Waals surface area contributed by atoms with Crippen LogP contribution in [0.4, 0.5) is 10.1 Å². The number of nitrogen functional groups attached to an aromatic ring is 1. The molecule has 3 heteroatoms. The van der Waals surface area contributed by atoms with Crippen molar-refractivity contribution in [1.82, 2.24) is 4.98 Å². The first-order valence-corrected chi connectivity index (χ1v) is 4.65. The van der Waals surface area contributed by atoms with Crippen LogP contribution in [0, 0.1) is 12.7 Å². The Kier molecular flexibility index (Phi) is 2.37. The van der Waals surface area contributed by atoms with E-state index in [4.69, 9.17) is 5.73 Å². The molecule has 15 heavy (non-hydrogen) atoms. The summed E-state index contributed by atoms with van der Waals surface area (Å²) in [6.07, 6.45) is 1.72. The van der Waals surface area contributed by atoms with Crippen molar-refractivity contribution >= 4 is 5.69 Å². The van der Waals surface area contributed by atoms with Crippen LogP contribution in [0.2, 0.25) is 0 Å². The van der Waals surface area contributed by atoms with Crippen molar-refractivity contribution in [3.05, 3.63) is 48.0 Å². The van der Waals surface area contributed by atoms with Crippen LogP contribution in [0.15, 0.2) is 36.5 Å². The number of nitrogens with two attached hydrogens (primary N) is 1. The van der Waals surface area contributed by atoms with Gasteiger partial charge in [-0.15, -0.1) is 0 Å². The molecule has 1 heterocycles. The molecule has 0 bridgehead atoms. The van der Waals surface area contributed by atoms with Gasteiger partial charge in [0.05, 0.1) is 0 Å².